The first-order valence-corrected chi connectivity index (χ1v) is 10.3. The third-order valence-electron chi connectivity index (χ3n) is 5.43. The summed E-state index contributed by atoms with van der Waals surface area (Å²) < 4.78 is 18.0. The molecule has 2 aromatic carbocycles. The predicted octanol–water partition coefficient (Wildman–Crippen LogP) is 3.45. The van der Waals surface area contributed by atoms with Gasteiger partial charge in [-0.05, 0) is 38.2 Å². The predicted molar refractivity (Wildman–Crippen MR) is 117 cm³/mol. The topological polar surface area (TPSA) is 90.8 Å². The molecule has 0 spiro atoms. The molecule has 3 aromatic rings. The number of rotatable bonds is 8. The van der Waals surface area contributed by atoms with Gasteiger partial charge in [-0.2, -0.15) is 0 Å². The lowest BCUT2D eigenvalue weighted by Gasteiger charge is -2.34. The van der Waals surface area contributed by atoms with Gasteiger partial charge in [-0.3, -0.25) is 4.79 Å². The molecular formula is C24H27N3O4. The fourth-order valence-electron chi connectivity index (χ4n) is 3.91. The van der Waals surface area contributed by atoms with E-state index in [4.69, 9.17) is 19.6 Å². The molecule has 4 rings (SSSR count). The Morgan fingerprint density at radius 2 is 2.10 bits per heavy atom. The van der Waals surface area contributed by atoms with E-state index in [1.807, 2.05) is 56.6 Å². The monoisotopic (exact) mass is 421 g/mol. The number of nitrogens with two attached hydrogens (primary N) is 1. The van der Waals surface area contributed by atoms with E-state index < -0.39 is 0 Å². The number of para-hydroxylation sites is 1. The summed E-state index contributed by atoms with van der Waals surface area (Å²) in [4.78, 5) is 17.9. The van der Waals surface area contributed by atoms with Crippen molar-refractivity contribution in [3.05, 3.63) is 66.2 Å². The third-order valence-corrected chi connectivity index (χ3v) is 5.43. The number of benzene rings is 2. The van der Waals surface area contributed by atoms with Crippen LogP contribution in [0.3, 0.4) is 0 Å². The average Bonchev–Trinajstić information content (AvgIpc) is 3.28. The lowest BCUT2D eigenvalue weighted by molar-refractivity contribution is -0.119. The van der Waals surface area contributed by atoms with Crippen LogP contribution in [0.4, 0.5) is 0 Å². The Kier molecular flexibility index (Phi) is 6.23. The molecule has 0 radical (unpaired) electrons. The van der Waals surface area contributed by atoms with Gasteiger partial charge in [0, 0.05) is 30.0 Å². The highest BCUT2D eigenvalue weighted by Gasteiger charge is 2.34. The SMILES string of the molecule is CN(C)CCOc1cc(-c2cnco2)ccc1C1Oc2ccccc2CC1CC(N)=O. The number of ether oxygens (including phenoxy) is 2. The number of hydrogen-bond acceptors (Lipinski definition) is 6. The fraction of sp³-hybridized carbons (Fsp3) is 0.333. The maximum atomic E-state index is 11.8. The molecule has 2 unspecified atom stereocenters. The molecule has 0 saturated carbocycles. The molecule has 7 heteroatoms. The first kappa shape index (κ1) is 20.9. The van der Waals surface area contributed by atoms with Crippen LogP contribution in [0.1, 0.15) is 23.7 Å². The smallest absolute Gasteiger partial charge is 0.217 e. The van der Waals surface area contributed by atoms with E-state index in [0.717, 1.165) is 29.0 Å². The lowest BCUT2D eigenvalue weighted by atomic mass is 9.84. The van der Waals surface area contributed by atoms with Gasteiger partial charge in [-0.25, -0.2) is 4.98 Å². The molecule has 0 saturated heterocycles. The number of primary amides is 1. The zero-order valence-electron chi connectivity index (χ0n) is 17.8. The van der Waals surface area contributed by atoms with E-state index in [1.165, 1.54) is 6.39 Å². The molecule has 0 bridgehead atoms. The van der Waals surface area contributed by atoms with Crippen molar-refractivity contribution in [2.75, 3.05) is 27.2 Å². The summed E-state index contributed by atoms with van der Waals surface area (Å²) in [6.07, 6.45) is 3.67. The van der Waals surface area contributed by atoms with Crippen LogP contribution < -0.4 is 15.2 Å². The van der Waals surface area contributed by atoms with Gasteiger partial charge in [-0.15, -0.1) is 0 Å². The van der Waals surface area contributed by atoms with Gasteiger partial charge in [0.1, 0.15) is 24.2 Å². The second kappa shape index (κ2) is 9.22. The lowest BCUT2D eigenvalue weighted by Crippen LogP contribution is -2.30. The van der Waals surface area contributed by atoms with Crippen LogP contribution in [-0.2, 0) is 11.2 Å². The minimum absolute atomic E-state index is 0.0836. The molecule has 7 nitrogen and oxygen atoms in total. The van der Waals surface area contributed by atoms with Crippen LogP contribution in [-0.4, -0.2) is 43.0 Å². The highest BCUT2D eigenvalue weighted by Crippen LogP contribution is 2.43. The number of likely N-dealkylation sites (N-methyl/N-ethyl adjacent to an activating group) is 1. The van der Waals surface area contributed by atoms with Crippen LogP contribution in [0.25, 0.3) is 11.3 Å². The summed E-state index contributed by atoms with van der Waals surface area (Å²) >= 11 is 0. The number of hydrogen-bond donors (Lipinski definition) is 1. The summed E-state index contributed by atoms with van der Waals surface area (Å²) in [5, 5.41) is 0. The number of carbonyl (C=O) groups excluding carboxylic acids is 1. The molecule has 0 fully saturated rings. The minimum atomic E-state index is -0.347. The Morgan fingerprint density at radius 3 is 2.84 bits per heavy atom. The fourth-order valence-corrected chi connectivity index (χ4v) is 3.91. The van der Waals surface area contributed by atoms with E-state index >= 15 is 0 Å². The van der Waals surface area contributed by atoms with Gasteiger partial charge < -0.3 is 24.5 Å². The maximum absolute atomic E-state index is 11.8. The molecule has 1 aliphatic heterocycles. The second-order valence-electron chi connectivity index (χ2n) is 8.05. The van der Waals surface area contributed by atoms with Crippen molar-refractivity contribution in [3.63, 3.8) is 0 Å². The van der Waals surface area contributed by atoms with Gasteiger partial charge >= 0.3 is 0 Å². The largest absolute Gasteiger partial charge is 0.492 e. The van der Waals surface area contributed by atoms with E-state index in [9.17, 15) is 4.79 Å². The summed E-state index contributed by atoms with van der Waals surface area (Å²) in [5.41, 5.74) is 8.41. The number of amides is 1. The van der Waals surface area contributed by atoms with Crippen molar-refractivity contribution in [2.24, 2.45) is 11.7 Å². The number of aromatic nitrogens is 1. The number of fused-ring (bicyclic) bond motifs is 1. The van der Waals surface area contributed by atoms with Crippen molar-refractivity contribution in [3.8, 4) is 22.8 Å². The summed E-state index contributed by atoms with van der Waals surface area (Å²) in [6.45, 7) is 1.29. The molecule has 2 atom stereocenters. The first-order chi connectivity index (χ1) is 15.0. The Morgan fingerprint density at radius 1 is 1.26 bits per heavy atom. The van der Waals surface area contributed by atoms with Crippen LogP contribution in [0, 0.1) is 5.92 Å². The summed E-state index contributed by atoms with van der Waals surface area (Å²) in [6, 6.07) is 13.8. The second-order valence-corrected chi connectivity index (χ2v) is 8.05. The summed E-state index contributed by atoms with van der Waals surface area (Å²) in [7, 11) is 4.00. The highest BCUT2D eigenvalue weighted by molar-refractivity contribution is 5.74. The molecule has 162 valence electrons. The zero-order valence-corrected chi connectivity index (χ0v) is 17.8. The number of nitrogens with zero attached hydrogens (tertiary/aromatic N) is 2. The normalized spacial score (nSPS) is 17.8. The quantitative estimate of drug-likeness (QED) is 0.599. The van der Waals surface area contributed by atoms with Crippen LogP contribution >= 0.6 is 0 Å². The highest BCUT2D eigenvalue weighted by atomic mass is 16.5. The molecule has 1 amide bonds. The standard InChI is InChI=1S/C24H27N3O4/c1-27(2)9-10-29-21-12-17(22-14-26-15-30-22)7-8-19(21)24-18(13-23(25)28)11-16-5-3-4-6-20(16)31-24/h3-8,12,14-15,18,24H,9-11,13H2,1-2H3,(H2,25,28). The van der Waals surface area contributed by atoms with Gasteiger partial charge in [0.15, 0.2) is 12.2 Å². The van der Waals surface area contributed by atoms with Crippen LogP contribution in [0.2, 0.25) is 0 Å². The molecule has 1 aliphatic rings. The Labute approximate surface area is 181 Å². The van der Waals surface area contributed by atoms with Crippen LogP contribution in [0.5, 0.6) is 11.5 Å². The summed E-state index contributed by atoms with van der Waals surface area (Å²) in [5.74, 6) is 1.76. The molecule has 0 aliphatic carbocycles. The van der Waals surface area contributed by atoms with Crippen LogP contribution in [0.15, 0.2) is 59.5 Å². The number of carbonyl (C=O) groups is 1. The maximum Gasteiger partial charge on any atom is 0.217 e. The Hall–Kier alpha value is -3.32. The van der Waals surface area contributed by atoms with Crippen molar-refractivity contribution in [1.82, 2.24) is 9.88 Å². The third kappa shape index (κ3) is 4.88. The van der Waals surface area contributed by atoms with E-state index in [0.29, 0.717) is 24.5 Å². The molecule has 1 aromatic heterocycles. The van der Waals surface area contributed by atoms with Crippen molar-refractivity contribution < 1.29 is 18.7 Å². The zero-order chi connectivity index (χ0) is 21.8. The average molecular weight is 421 g/mol. The minimum Gasteiger partial charge on any atom is -0.492 e. The molecular weight excluding hydrogens is 394 g/mol. The van der Waals surface area contributed by atoms with Gasteiger partial charge in [0.2, 0.25) is 5.91 Å². The van der Waals surface area contributed by atoms with E-state index in [2.05, 4.69) is 9.88 Å². The van der Waals surface area contributed by atoms with Gasteiger partial charge in [0.05, 0.1) is 6.20 Å². The van der Waals surface area contributed by atoms with E-state index in [-0.39, 0.29) is 24.3 Å². The van der Waals surface area contributed by atoms with Crippen molar-refractivity contribution in [1.29, 1.82) is 0 Å². The first-order valence-electron chi connectivity index (χ1n) is 10.3. The molecule has 2 heterocycles. The number of oxazole rings is 1. The molecule has 31 heavy (non-hydrogen) atoms. The molecule has 2 N–H and O–H groups in total. The Balaban J connectivity index is 1.71. The van der Waals surface area contributed by atoms with Gasteiger partial charge in [0.25, 0.3) is 0 Å². The van der Waals surface area contributed by atoms with Gasteiger partial charge in [-0.1, -0.05) is 30.3 Å². The van der Waals surface area contributed by atoms with E-state index in [1.54, 1.807) is 6.20 Å². The van der Waals surface area contributed by atoms with Crippen molar-refractivity contribution >= 4 is 5.91 Å². The Bertz CT molecular complexity index is 1030. The van der Waals surface area contributed by atoms with Crippen molar-refractivity contribution in [2.45, 2.75) is 18.9 Å².